The van der Waals surface area contributed by atoms with Gasteiger partial charge in [-0.2, -0.15) is 0 Å². The zero-order chi connectivity index (χ0) is 12.9. The molecule has 0 atom stereocenters. The van der Waals surface area contributed by atoms with Crippen molar-refractivity contribution in [3.63, 3.8) is 0 Å². The maximum Gasteiger partial charge on any atom is 0.126 e. The number of hydrogen-bond acceptors (Lipinski definition) is 4. The first-order valence-electron chi connectivity index (χ1n) is 6.14. The molecule has 4 nitrogen and oxygen atoms in total. The minimum Gasteiger partial charge on any atom is -0.397 e. The van der Waals surface area contributed by atoms with Gasteiger partial charge in [0.15, 0.2) is 0 Å². The van der Waals surface area contributed by atoms with Crippen LogP contribution >= 0.6 is 0 Å². The minimum atomic E-state index is -0.0586. The average Bonchev–Trinajstić information content (AvgIpc) is 2.36. The molecule has 4 N–H and O–H groups in total. The van der Waals surface area contributed by atoms with Gasteiger partial charge in [-0.15, -0.1) is 0 Å². The Labute approximate surface area is 103 Å². The Kier molecular flexibility index (Phi) is 4.75. The van der Waals surface area contributed by atoms with E-state index in [4.69, 9.17) is 5.73 Å². The molecule has 0 unspecified atom stereocenters. The molecule has 17 heavy (non-hydrogen) atoms. The Morgan fingerprint density at radius 3 is 2.47 bits per heavy atom. The fourth-order valence-electron chi connectivity index (χ4n) is 1.73. The van der Waals surface area contributed by atoms with Gasteiger partial charge in [-0.05, 0) is 31.9 Å². The third-order valence-electron chi connectivity index (χ3n) is 3.61. The number of nitrogens with two attached hydrogens (primary N) is 1. The van der Waals surface area contributed by atoms with Gasteiger partial charge in [0.25, 0.3) is 0 Å². The van der Waals surface area contributed by atoms with Crippen LogP contribution in [0.2, 0.25) is 0 Å². The first-order valence-corrected chi connectivity index (χ1v) is 6.14. The van der Waals surface area contributed by atoms with Crippen LogP contribution in [0.3, 0.4) is 0 Å². The first kappa shape index (κ1) is 13.8. The second-order valence-corrected chi connectivity index (χ2v) is 4.59. The summed E-state index contributed by atoms with van der Waals surface area (Å²) in [6.07, 6.45) is 1.89. The summed E-state index contributed by atoms with van der Waals surface area (Å²) < 4.78 is 0. The number of nitrogens with zero attached hydrogens (tertiary/aromatic N) is 1. The Hall–Kier alpha value is -1.29. The monoisotopic (exact) mass is 237 g/mol. The van der Waals surface area contributed by atoms with Crippen LogP contribution in [-0.4, -0.2) is 23.2 Å². The standard InChI is InChI=1S/C13H23N3O/c1-4-13(5-2,9-17)8-15-12-7-6-11(14)10(3)16-12/h6-7,17H,4-5,8-9,14H2,1-3H3,(H,15,16). The van der Waals surface area contributed by atoms with Crippen molar-refractivity contribution in [1.29, 1.82) is 0 Å². The van der Waals surface area contributed by atoms with Crippen LogP contribution in [0.4, 0.5) is 11.5 Å². The molecule has 0 aromatic carbocycles. The molecule has 0 radical (unpaired) electrons. The van der Waals surface area contributed by atoms with Crippen LogP contribution in [0.25, 0.3) is 0 Å². The summed E-state index contributed by atoms with van der Waals surface area (Å²) in [5.41, 5.74) is 7.20. The predicted octanol–water partition coefficient (Wildman–Crippen LogP) is 2.18. The SMILES string of the molecule is CCC(CC)(CO)CNc1ccc(N)c(C)n1. The van der Waals surface area contributed by atoms with Gasteiger partial charge in [0.1, 0.15) is 5.82 Å². The molecule has 4 heteroatoms. The number of aliphatic hydroxyl groups is 1. The van der Waals surface area contributed by atoms with E-state index in [0.29, 0.717) is 5.69 Å². The van der Waals surface area contributed by atoms with E-state index in [1.807, 2.05) is 19.1 Å². The molecule has 1 aromatic rings. The Balaban J connectivity index is 2.68. The summed E-state index contributed by atoms with van der Waals surface area (Å²) in [5, 5.41) is 12.8. The molecule has 0 saturated carbocycles. The lowest BCUT2D eigenvalue weighted by molar-refractivity contribution is 0.127. The highest BCUT2D eigenvalue weighted by atomic mass is 16.3. The summed E-state index contributed by atoms with van der Waals surface area (Å²) in [7, 11) is 0. The Morgan fingerprint density at radius 1 is 1.35 bits per heavy atom. The number of hydrogen-bond donors (Lipinski definition) is 3. The van der Waals surface area contributed by atoms with E-state index in [2.05, 4.69) is 24.1 Å². The molecule has 0 aliphatic carbocycles. The summed E-state index contributed by atoms with van der Waals surface area (Å²) >= 11 is 0. The largest absolute Gasteiger partial charge is 0.397 e. The highest BCUT2D eigenvalue weighted by Crippen LogP contribution is 2.26. The highest BCUT2D eigenvalue weighted by molar-refractivity contribution is 5.49. The van der Waals surface area contributed by atoms with Crippen molar-refractivity contribution < 1.29 is 5.11 Å². The third-order valence-corrected chi connectivity index (χ3v) is 3.61. The Morgan fingerprint density at radius 2 is 2.00 bits per heavy atom. The lowest BCUT2D eigenvalue weighted by Crippen LogP contribution is -2.32. The van der Waals surface area contributed by atoms with E-state index in [1.54, 1.807) is 0 Å². The zero-order valence-electron chi connectivity index (χ0n) is 11.0. The minimum absolute atomic E-state index is 0.0586. The molecule has 1 heterocycles. The molecule has 0 saturated heterocycles. The number of nitrogen functional groups attached to an aromatic ring is 1. The van der Waals surface area contributed by atoms with Crippen LogP contribution in [-0.2, 0) is 0 Å². The van der Waals surface area contributed by atoms with Crippen molar-refractivity contribution in [1.82, 2.24) is 4.98 Å². The molecule has 0 fully saturated rings. The molecular formula is C13H23N3O. The zero-order valence-corrected chi connectivity index (χ0v) is 11.0. The van der Waals surface area contributed by atoms with Crippen molar-refractivity contribution in [2.24, 2.45) is 5.41 Å². The number of rotatable bonds is 6. The van der Waals surface area contributed by atoms with Gasteiger partial charge in [-0.3, -0.25) is 0 Å². The molecular weight excluding hydrogens is 214 g/mol. The summed E-state index contributed by atoms with van der Waals surface area (Å²) in [6, 6.07) is 3.72. The molecule has 0 aliphatic heterocycles. The third kappa shape index (κ3) is 3.33. The van der Waals surface area contributed by atoms with Crippen LogP contribution < -0.4 is 11.1 Å². The normalized spacial score (nSPS) is 11.5. The van der Waals surface area contributed by atoms with Crippen molar-refractivity contribution in [3.05, 3.63) is 17.8 Å². The number of anilines is 2. The summed E-state index contributed by atoms with van der Waals surface area (Å²) in [6.45, 7) is 7.01. The van der Waals surface area contributed by atoms with Gasteiger partial charge in [0.05, 0.1) is 18.0 Å². The van der Waals surface area contributed by atoms with Crippen LogP contribution in [0.15, 0.2) is 12.1 Å². The lowest BCUT2D eigenvalue weighted by Gasteiger charge is -2.29. The van der Waals surface area contributed by atoms with Gasteiger partial charge >= 0.3 is 0 Å². The quantitative estimate of drug-likeness (QED) is 0.709. The molecule has 96 valence electrons. The van der Waals surface area contributed by atoms with E-state index in [-0.39, 0.29) is 12.0 Å². The predicted molar refractivity (Wildman–Crippen MR) is 72.0 cm³/mol. The first-order chi connectivity index (χ1) is 8.06. The molecule has 0 amide bonds. The molecule has 1 aromatic heterocycles. The highest BCUT2D eigenvalue weighted by Gasteiger charge is 2.24. The number of aliphatic hydroxyl groups excluding tert-OH is 1. The fourth-order valence-corrected chi connectivity index (χ4v) is 1.73. The summed E-state index contributed by atoms with van der Waals surface area (Å²) in [4.78, 5) is 4.36. The van der Waals surface area contributed by atoms with Crippen molar-refractivity contribution in [3.8, 4) is 0 Å². The topological polar surface area (TPSA) is 71.2 Å². The second-order valence-electron chi connectivity index (χ2n) is 4.59. The number of aryl methyl sites for hydroxylation is 1. The lowest BCUT2D eigenvalue weighted by atomic mass is 9.83. The second kappa shape index (κ2) is 5.87. The molecule has 0 bridgehead atoms. The Bertz CT molecular complexity index is 353. The van der Waals surface area contributed by atoms with E-state index in [1.165, 1.54) is 0 Å². The number of pyridine rings is 1. The maximum atomic E-state index is 9.47. The van der Waals surface area contributed by atoms with Gasteiger partial charge in [-0.1, -0.05) is 13.8 Å². The van der Waals surface area contributed by atoms with Crippen molar-refractivity contribution in [2.45, 2.75) is 33.6 Å². The maximum absolute atomic E-state index is 9.47. The fraction of sp³-hybridized carbons (Fsp3) is 0.615. The van der Waals surface area contributed by atoms with Gasteiger partial charge in [-0.25, -0.2) is 4.98 Å². The average molecular weight is 237 g/mol. The van der Waals surface area contributed by atoms with E-state index < -0.39 is 0 Å². The van der Waals surface area contributed by atoms with Crippen LogP contribution in [0, 0.1) is 12.3 Å². The van der Waals surface area contributed by atoms with Crippen LogP contribution in [0.1, 0.15) is 32.4 Å². The smallest absolute Gasteiger partial charge is 0.126 e. The summed E-state index contributed by atoms with van der Waals surface area (Å²) in [5.74, 6) is 0.816. The molecule has 0 aliphatic rings. The van der Waals surface area contributed by atoms with E-state index in [0.717, 1.165) is 30.9 Å². The van der Waals surface area contributed by atoms with E-state index in [9.17, 15) is 5.11 Å². The van der Waals surface area contributed by atoms with Gasteiger partial charge in [0, 0.05) is 12.0 Å². The van der Waals surface area contributed by atoms with Crippen molar-refractivity contribution >= 4 is 11.5 Å². The molecule has 1 rings (SSSR count). The van der Waals surface area contributed by atoms with Gasteiger partial charge in [0.2, 0.25) is 0 Å². The number of nitrogens with one attached hydrogen (secondary N) is 1. The molecule has 0 spiro atoms. The van der Waals surface area contributed by atoms with Crippen LogP contribution in [0.5, 0.6) is 0 Å². The van der Waals surface area contributed by atoms with Crippen molar-refractivity contribution in [2.75, 3.05) is 24.2 Å². The van der Waals surface area contributed by atoms with Gasteiger partial charge < -0.3 is 16.2 Å². The van der Waals surface area contributed by atoms with E-state index >= 15 is 0 Å². The number of aromatic nitrogens is 1.